The van der Waals surface area contributed by atoms with E-state index in [1.165, 1.54) is 71.2 Å². The van der Waals surface area contributed by atoms with E-state index in [2.05, 4.69) is 37.9 Å². The minimum atomic E-state index is 0.491. The summed E-state index contributed by atoms with van der Waals surface area (Å²) in [6, 6.07) is 0. The summed E-state index contributed by atoms with van der Waals surface area (Å²) < 4.78 is 0. The number of nitrogens with one attached hydrogen (secondary N) is 1. The van der Waals surface area contributed by atoms with E-state index in [9.17, 15) is 0 Å². The van der Waals surface area contributed by atoms with Crippen LogP contribution in [0.5, 0.6) is 0 Å². The molecule has 2 saturated heterocycles. The second-order valence-electron chi connectivity index (χ2n) is 8.40. The molecular weight excluding hydrogens is 244 g/mol. The Balaban J connectivity index is 1.90. The normalized spacial score (nSPS) is 33.9. The minimum Gasteiger partial charge on any atom is -0.316 e. The molecule has 2 nitrogen and oxygen atoms in total. The highest BCUT2D eigenvalue weighted by molar-refractivity contribution is 4.88. The SMILES string of the molecule is CCC1(CN2CCCC(C(C)(C)C)CC2)CCCNC1. The average molecular weight is 280 g/mol. The Morgan fingerprint density at radius 1 is 1.15 bits per heavy atom. The van der Waals surface area contributed by atoms with Crippen molar-refractivity contribution in [3.05, 3.63) is 0 Å². The molecule has 2 unspecified atom stereocenters. The molecule has 2 aliphatic heterocycles. The maximum Gasteiger partial charge on any atom is 0.00500 e. The van der Waals surface area contributed by atoms with Gasteiger partial charge in [0.15, 0.2) is 0 Å². The van der Waals surface area contributed by atoms with Gasteiger partial charge in [0.2, 0.25) is 0 Å². The van der Waals surface area contributed by atoms with Crippen LogP contribution in [-0.4, -0.2) is 37.6 Å². The Kier molecular flexibility index (Phi) is 5.53. The molecule has 0 amide bonds. The average Bonchev–Trinajstić information content (AvgIpc) is 2.65. The molecule has 0 saturated carbocycles. The Morgan fingerprint density at radius 3 is 2.55 bits per heavy atom. The van der Waals surface area contributed by atoms with Gasteiger partial charge in [-0.15, -0.1) is 0 Å². The first kappa shape index (κ1) is 16.3. The van der Waals surface area contributed by atoms with E-state index in [-0.39, 0.29) is 0 Å². The topological polar surface area (TPSA) is 15.3 Å². The van der Waals surface area contributed by atoms with E-state index in [4.69, 9.17) is 0 Å². The van der Waals surface area contributed by atoms with Crippen LogP contribution in [0.25, 0.3) is 0 Å². The van der Waals surface area contributed by atoms with Gasteiger partial charge in [0.05, 0.1) is 0 Å². The summed E-state index contributed by atoms with van der Waals surface area (Å²) in [6.07, 6.45) is 8.35. The van der Waals surface area contributed by atoms with Gasteiger partial charge in [-0.1, -0.05) is 27.7 Å². The van der Waals surface area contributed by atoms with Crippen LogP contribution in [0.15, 0.2) is 0 Å². The maximum atomic E-state index is 3.64. The monoisotopic (exact) mass is 280 g/mol. The van der Waals surface area contributed by atoms with Gasteiger partial charge in [-0.3, -0.25) is 0 Å². The lowest BCUT2D eigenvalue weighted by molar-refractivity contribution is 0.111. The van der Waals surface area contributed by atoms with Crippen LogP contribution in [0, 0.1) is 16.7 Å². The van der Waals surface area contributed by atoms with Gasteiger partial charge in [0.25, 0.3) is 0 Å². The third-order valence-corrected chi connectivity index (χ3v) is 5.92. The number of hydrogen-bond acceptors (Lipinski definition) is 2. The first-order chi connectivity index (χ1) is 9.45. The second kappa shape index (κ2) is 6.79. The quantitative estimate of drug-likeness (QED) is 0.843. The van der Waals surface area contributed by atoms with Gasteiger partial charge in [-0.2, -0.15) is 0 Å². The summed E-state index contributed by atoms with van der Waals surface area (Å²) in [4.78, 5) is 2.78. The van der Waals surface area contributed by atoms with Gasteiger partial charge in [0.1, 0.15) is 0 Å². The van der Waals surface area contributed by atoms with Crippen molar-refractivity contribution in [3.63, 3.8) is 0 Å². The van der Waals surface area contributed by atoms with Crippen LogP contribution in [0.2, 0.25) is 0 Å². The summed E-state index contributed by atoms with van der Waals surface area (Å²) in [7, 11) is 0. The predicted octanol–water partition coefficient (Wildman–Crippen LogP) is 3.91. The van der Waals surface area contributed by atoms with Crippen molar-refractivity contribution in [3.8, 4) is 0 Å². The minimum absolute atomic E-state index is 0.491. The highest BCUT2D eigenvalue weighted by Crippen LogP contribution is 2.36. The van der Waals surface area contributed by atoms with Crippen molar-refractivity contribution in [1.29, 1.82) is 0 Å². The first-order valence-electron chi connectivity index (χ1n) is 8.88. The predicted molar refractivity (Wildman–Crippen MR) is 88.1 cm³/mol. The van der Waals surface area contributed by atoms with Crippen molar-refractivity contribution in [2.24, 2.45) is 16.7 Å². The van der Waals surface area contributed by atoms with Crippen LogP contribution in [0.3, 0.4) is 0 Å². The van der Waals surface area contributed by atoms with Gasteiger partial charge >= 0.3 is 0 Å². The number of hydrogen-bond donors (Lipinski definition) is 1. The van der Waals surface area contributed by atoms with Gasteiger partial charge in [-0.05, 0) is 74.9 Å². The lowest BCUT2D eigenvalue weighted by Crippen LogP contribution is -2.47. The fourth-order valence-electron chi connectivity index (χ4n) is 4.23. The van der Waals surface area contributed by atoms with Crippen LogP contribution in [-0.2, 0) is 0 Å². The fraction of sp³-hybridized carbons (Fsp3) is 1.00. The third-order valence-electron chi connectivity index (χ3n) is 5.92. The van der Waals surface area contributed by atoms with E-state index < -0.39 is 0 Å². The zero-order valence-electron chi connectivity index (χ0n) is 14.3. The van der Waals surface area contributed by atoms with Crippen LogP contribution in [0.1, 0.15) is 66.2 Å². The molecule has 1 N–H and O–H groups in total. The van der Waals surface area contributed by atoms with E-state index in [1.54, 1.807) is 0 Å². The van der Waals surface area contributed by atoms with E-state index >= 15 is 0 Å². The van der Waals surface area contributed by atoms with Crippen molar-refractivity contribution in [2.45, 2.75) is 66.2 Å². The lowest BCUT2D eigenvalue weighted by Gasteiger charge is -2.41. The van der Waals surface area contributed by atoms with Crippen LogP contribution < -0.4 is 5.32 Å². The highest BCUT2D eigenvalue weighted by atomic mass is 15.1. The zero-order chi connectivity index (χ0) is 14.6. The van der Waals surface area contributed by atoms with E-state index in [0.29, 0.717) is 10.8 Å². The molecule has 2 heterocycles. The van der Waals surface area contributed by atoms with Crippen molar-refractivity contribution < 1.29 is 0 Å². The summed E-state index contributed by atoms with van der Waals surface area (Å²) in [6.45, 7) is 16.1. The molecule has 0 aromatic carbocycles. The van der Waals surface area contributed by atoms with Gasteiger partial charge in [0, 0.05) is 13.1 Å². The molecule has 2 atom stereocenters. The molecule has 0 spiro atoms. The molecular formula is C18H36N2. The standard InChI is InChI=1S/C18H36N2/c1-5-18(10-7-11-19-14-18)15-20-12-6-8-16(9-13-20)17(2,3)4/h16,19H,5-15H2,1-4H3. The molecule has 0 aliphatic carbocycles. The van der Waals surface area contributed by atoms with Crippen molar-refractivity contribution in [2.75, 3.05) is 32.7 Å². The lowest BCUT2D eigenvalue weighted by atomic mass is 9.76. The molecule has 20 heavy (non-hydrogen) atoms. The molecule has 0 radical (unpaired) electrons. The zero-order valence-corrected chi connectivity index (χ0v) is 14.3. The van der Waals surface area contributed by atoms with Crippen LogP contribution in [0.4, 0.5) is 0 Å². The first-order valence-corrected chi connectivity index (χ1v) is 8.88. The molecule has 118 valence electrons. The molecule has 0 aromatic rings. The Morgan fingerprint density at radius 2 is 1.95 bits per heavy atom. The fourth-order valence-corrected chi connectivity index (χ4v) is 4.23. The van der Waals surface area contributed by atoms with Gasteiger partial charge in [-0.25, -0.2) is 0 Å². The van der Waals surface area contributed by atoms with E-state index in [1.807, 2.05) is 0 Å². The van der Waals surface area contributed by atoms with E-state index in [0.717, 1.165) is 5.92 Å². The summed E-state index contributed by atoms with van der Waals surface area (Å²) >= 11 is 0. The molecule has 2 fully saturated rings. The molecule has 2 rings (SSSR count). The largest absolute Gasteiger partial charge is 0.316 e. The van der Waals surface area contributed by atoms with Crippen molar-refractivity contribution >= 4 is 0 Å². The number of piperidine rings is 1. The Labute approximate surface area is 126 Å². The molecule has 0 aromatic heterocycles. The number of nitrogens with zero attached hydrogens (tertiary/aromatic N) is 1. The smallest absolute Gasteiger partial charge is 0.00500 e. The highest BCUT2D eigenvalue weighted by Gasteiger charge is 2.34. The number of likely N-dealkylation sites (tertiary alicyclic amines) is 1. The van der Waals surface area contributed by atoms with Crippen LogP contribution >= 0.6 is 0 Å². The maximum absolute atomic E-state index is 3.64. The summed E-state index contributed by atoms with van der Waals surface area (Å²) in [5.41, 5.74) is 1.05. The number of rotatable bonds is 3. The molecule has 0 bridgehead atoms. The van der Waals surface area contributed by atoms with Gasteiger partial charge < -0.3 is 10.2 Å². The Hall–Kier alpha value is -0.0800. The summed E-state index contributed by atoms with van der Waals surface area (Å²) in [5, 5.41) is 3.64. The second-order valence-corrected chi connectivity index (χ2v) is 8.40. The summed E-state index contributed by atoms with van der Waals surface area (Å²) in [5.74, 6) is 0.912. The molecule has 2 heteroatoms. The molecule has 2 aliphatic rings. The third kappa shape index (κ3) is 4.21. The van der Waals surface area contributed by atoms with Crippen molar-refractivity contribution in [1.82, 2.24) is 10.2 Å². The Bertz CT molecular complexity index is 286.